The van der Waals surface area contributed by atoms with Crippen molar-refractivity contribution in [3.63, 3.8) is 0 Å². The van der Waals surface area contributed by atoms with Crippen LogP contribution in [0.2, 0.25) is 0 Å². The number of hydrogen-bond acceptors (Lipinski definition) is 3. The van der Waals surface area contributed by atoms with Gasteiger partial charge in [0.2, 0.25) is 6.41 Å². The first-order chi connectivity index (χ1) is 5.22. The van der Waals surface area contributed by atoms with Gasteiger partial charge in [-0.05, 0) is 18.4 Å². The smallest absolute Gasteiger partial charge is 0.326 e. The van der Waals surface area contributed by atoms with E-state index < -0.39 is 12.0 Å². The topological polar surface area (TPSA) is 66.4 Å². The average Bonchev–Trinajstić information content (AvgIpc) is 1.97. The van der Waals surface area contributed by atoms with E-state index in [1.54, 1.807) is 11.8 Å². The maximum absolute atomic E-state index is 10.4. The Bertz CT molecular complexity index is 150. The van der Waals surface area contributed by atoms with E-state index in [1.165, 1.54) is 0 Å². The Hall–Kier alpha value is 0.537. The number of nitrogens with one attached hydrogen (secondary N) is 1. The van der Waals surface area contributed by atoms with Gasteiger partial charge in [0.25, 0.3) is 0 Å². The van der Waals surface area contributed by atoms with E-state index in [-0.39, 0.29) is 39.0 Å². The minimum absolute atomic E-state index is 0. The summed E-state index contributed by atoms with van der Waals surface area (Å²) >= 11 is 1.55. The van der Waals surface area contributed by atoms with E-state index in [0.29, 0.717) is 12.8 Å². The van der Waals surface area contributed by atoms with Crippen LogP contribution < -0.4 is 5.32 Å². The Labute approximate surface area is 107 Å². The Kier molecular flexibility index (Phi) is 18.5. The molecule has 0 saturated heterocycles. The monoisotopic (exact) mass is 343 g/mol. The third kappa shape index (κ3) is 10.5. The summed E-state index contributed by atoms with van der Waals surface area (Å²) in [5.41, 5.74) is 0. The van der Waals surface area contributed by atoms with Crippen molar-refractivity contribution < 1.29 is 53.7 Å². The molecule has 0 aliphatic heterocycles. The van der Waals surface area contributed by atoms with Crippen LogP contribution in [0.15, 0.2) is 0 Å². The fraction of sp³-hybridized carbons (Fsp3) is 0.667. The SMILES string of the molecule is CSCC[C@H](NC=O)C(=O)O.[Ru].[Zn]. The van der Waals surface area contributed by atoms with Crippen molar-refractivity contribution in [2.75, 3.05) is 12.0 Å². The summed E-state index contributed by atoms with van der Waals surface area (Å²) in [5.74, 6) is -0.246. The molecule has 1 atom stereocenters. The van der Waals surface area contributed by atoms with Crippen LogP contribution in [-0.4, -0.2) is 35.5 Å². The molecule has 0 saturated carbocycles. The molecular weight excluding hydrogens is 333 g/mol. The summed E-state index contributed by atoms with van der Waals surface area (Å²) in [5, 5.41) is 10.7. The Balaban J connectivity index is -0.000000500. The van der Waals surface area contributed by atoms with Gasteiger partial charge < -0.3 is 10.4 Å². The van der Waals surface area contributed by atoms with Gasteiger partial charge in [0.1, 0.15) is 6.04 Å². The maximum Gasteiger partial charge on any atom is 0.326 e. The van der Waals surface area contributed by atoms with Gasteiger partial charge in [0.15, 0.2) is 0 Å². The van der Waals surface area contributed by atoms with E-state index in [1.807, 2.05) is 6.26 Å². The van der Waals surface area contributed by atoms with Gasteiger partial charge in [-0.1, -0.05) is 0 Å². The van der Waals surface area contributed by atoms with Crippen LogP contribution >= 0.6 is 11.8 Å². The minimum atomic E-state index is -0.980. The fourth-order valence-electron chi connectivity index (χ4n) is 0.596. The minimum Gasteiger partial charge on any atom is -0.480 e. The summed E-state index contributed by atoms with van der Waals surface area (Å²) in [6.07, 6.45) is 2.77. The van der Waals surface area contributed by atoms with Gasteiger partial charge in [-0.3, -0.25) is 4.79 Å². The van der Waals surface area contributed by atoms with Crippen LogP contribution in [-0.2, 0) is 48.5 Å². The molecule has 0 fully saturated rings. The summed E-state index contributed by atoms with van der Waals surface area (Å²) in [6.45, 7) is 0. The Morgan fingerprint density at radius 2 is 2.23 bits per heavy atom. The van der Waals surface area contributed by atoms with E-state index >= 15 is 0 Å². The molecule has 0 aromatic heterocycles. The molecule has 0 heterocycles. The number of amides is 1. The number of rotatable bonds is 6. The van der Waals surface area contributed by atoms with Gasteiger partial charge in [-0.15, -0.1) is 0 Å². The summed E-state index contributed by atoms with van der Waals surface area (Å²) in [4.78, 5) is 20.3. The van der Waals surface area contributed by atoms with Crippen LogP contribution in [0.1, 0.15) is 6.42 Å². The van der Waals surface area contributed by atoms with Crippen LogP contribution in [0.5, 0.6) is 0 Å². The third-order valence-corrected chi connectivity index (χ3v) is 1.82. The summed E-state index contributed by atoms with van der Waals surface area (Å²) < 4.78 is 0. The van der Waals surface area contributed by atoms with Crippen molar-refractivity contribution in [1.29, 1.82) is 0 Å². The second-order valence-electron chi connectivity index (χ2n) is 1.96. The van der Waals surface area contributed by atoms with Crippen molar-refractivity contribution in [3.8, 4) is 0 Å². The Morgan fingerprint density at radius 1 is 1.69 bits per heavy atom. The molecule has 0 radical (unpaired) electrons. The van der Waals surface area contributed by atoms with Crippen molar-refractivity contribution in [2.45, 2.75) is 12.5 Å². The second-order valence-corrected chi connectivity index (χ2v) is 2.94. The fourth-order valence-corrected chi connectivity index (χ4v) is 1.07. The molecule has 0 aliphatic rings. The van der Waals surface area contributed by atoms with E-state index in [2.05, 4.69) is 5.32 Å². The number of carbonyl (C=O) groups is 2. The molecule has 0 aliphatic carbocycles. The quantitative estimate of drug-likeness (QED) is 0.523. The molecule has 0 rings (SSSR count). The number of thioether (sulfide) groups is 1. The number of aliphatic carboxylic acids is 1. The van der Waals surface area contributed by atoms with E-state index in [0.717, 1.165) is 5.75 Å². The van der Waals surface area contributed by atoms with E-state index in [4.69, 9.17) is 5.11 Å². The number of hydrogen-bond donors (Lipinski definition) is 2. The first-order valence-corrected chi connectivity index (χ1v) is 4.53. The van der Waals surface area contributed by atoms with E-state index in [9.17, 15) is 9.59 Å². The molecule has 7 heteroatoms. The molecule has 1 amide bonds. The van der Waals surface area contributed by atoms with Crippen LogP contribution in [0.3, 0.4) is 0 Å². The molecule has 74 valence electrons. The van der Waals surface area contributed by atoms with Crippen molar-refractivity contribution in [1.82, 2.24) is 5.32 Å². The molecule has 0 bridgehead atoms. The van der Waals surface area contributed by atoms with Crippen molar-refractivity contribution in [3.05, 3.63) is 0 Å². The molecule has 0 spiro atoms. The number of carboxylic acids is 1. The normalized spacial score (nSPS) is 10.2. The van der Waals surface area contributed by atoms with Gasteiger partial charge >= 0.3 is 5.97 Å². The molecule has 0 aromatic carbocycles. The zero-order valence-corrected chi connectivity index (χ0v) is 12.8. The molecule has 4 nitrogen and oxygen atoms in total. The predicted molar refractivity (Wildman–Crippen MR) is 43.6 cm³/mol. The van der Waals surface area contributed by atoms with Gasteiger partial charge in [-0.2, -0.15) is 11.8 Å². The maximum atomic E-state index is 10.4. The average molecular weight is 344 g/mol. The molecule has 0 unspecified atom stereocenters. The largest absolute Gasteiger partial charge is 0.480 e. The first-order valence-electron chi connectivity index (χ1n) is 3.13. The zero-order valence-electron chi connectivity index (χ0n) is 7.30. The van der Waals surface area contributed by atoms with Gasteiger partial charge in [0, 0.05) is 39.0 Å². The third-order valence-electron chi connectivity index (χ3n) is 1.18. The van der Waals surface area contributed by atoms with Gasteiger partial charge in [-0.25, -0.2) is 4.79 Å². The molecule has 13 heavy (non-hydrogen) atoms. The Morgan fingerprint density at radius 3 is 2.54 bits per heavy atom. The van der Waals surface area contributed by atoms with Crippen molar-refractivity contribution >= 4 is 24.1 Å². The summed E-state index contributed by atoms with van der Waals surface area (Å²) in [7, 11) is 0. The standard InChI is InChI=1S/C6H11NO3S.Ru.Zn/c1-11-3-2-5(6(9)10)7-4-8;;/h4-5H,2-3H2,1H3,(H,7,8)(H,9,10);;/t5-;;/m0../s1. The molecule has 2 N–H and O–H groups in total. The summed E-state index contributed by atoms with van der Waals surface area (Å²) in [6, 6.07) is -0.736. The van der Waals surface area contributed by atoms with Crippen LogP contribution in [0.25, 0.3) is 0 Å². The first kappa shape index (κ1) is 19.2. The van der Waals surface area contributed by atoms with Crippen LogP contribution in [0, 0.1) is 0 Å². The molecular formula is C6H11NO3RuSZn. The second kappa shape index (κ2) is 12.5. The van der Waals surface area contributed by atoms with Gasteiger partial charge in [0.05, 0.1) is 0 Å². The zero-order chi connectivity index (χ0) is 8.69. The van der Waals surface area contributed by atoms with Crippen LogP contribution in [0.4, 0.5) is 0 Å². The number of carboxylic acid groups (broad SMARTS) is 1. The number of carbonyl (C=O) groups excluding carboxylic acids is 1. The molecule has 0 aromatic rings. The predicted octanol–water partition coefficient (Wildman–Crippen LogP) is -0.0663. The van der Waals surface area contributed by atoms with Crippen molar-refractivity contribution in [2.24, 2.45) is 0 Å².